The van der Waals surface area contributed by atoms with Gasteiger partial charge in [0.05, 0.1) is 18.2 Å². The number of pyridine rings is 1. The maximum absolute atomic E-state index is 9.62. The largest absolute Gasteiger partial charge is 0.394 e. The molecule has 0 amide bonds. The van der Waals surface area contributed by atoms with Crippen molar-refractivity contribution >= 4 is 26.8 Å². The third-order valence-corrected chi connectivity index (χ3v) is 3.77. The lowest BCUT2D eigenvalue weighted by molar-refractivity contribution is 0.241. The number of rotatable bonds is 5. The molecule has 0 spiro atoms. The second-order valence-electron chi connectivity index (χ2n) is 5.07. The molecule has 1 aromatic heterocycles. The molecule has 1 unspecified atom stereocenters. The van der Waals surface area contributed by atoms with E-state index >= 15 is 0 Å². The summed E-state index contributed by atoms with van der Waals surface area (Å²) in [5.74, 6) is 0.545. The molecule has 0 saturated heterocycles. The average Bonchev–Trinajstić information content (AvgIpc) is 2.41. The van der Waals surface area contributed by atoms with Gasteiger partial charge < -0.3 is 10.4 Å². The SMILES string of the molecule is CC(C)CNC(CO)c1ccc(Br)c2cccnc12. The molecule has 2 rings (SSSR count). The Hall–Kier alpha value is -0.970. The van der Waals surface area contributed by atoms with Gasteiger partial charge in [0.25, 0.3) is 0 Å². The zero-order chi connectivity index (χ0) is 13.8. The van der Waals surface area contributed by atoms with E-state index in [4.69, 9.17) is 0 Å². The van der Waals surface area contributed by atoms with Crippen LogP contribution in [0.15, 0.2) is 34.9 Å². The molecular weight excluding hydrogens is 304 g/mol. The zero-order valence-corrected chi connectivity index (χ0v) is 12.8. The first kappa shape index (κ1) is 14.4. The van der Waals surface area contributed by atoms with Gasteiger partial charge in [-0.2, -0.15) is 0 Å². The minimum absolute atomic E-state index is 0.0695. The lowest BCUT2D eigenvalue weighted by Crippen LogP contribution is -2.28. The highest BCUT2D eigenvalue weighted by molar-refractivity contribution is 9.10. The van der Waals surface area contributed by atoms with Gasteiger partial charge in [0.2, 0.25) is 0 Å². The topological polar surface area (TPSA) is 45.1 Å². The first-order valence-corrected chi connectivity index (χ1v) is 7.30. The van der Waals surface area contributed by atoms with Crippen molar-refractivity contribution in [1.29, 1.82) is 0 Å². The number of nitrogens with one attached hydrogen (secondary N) is 1. The van der Waals surface area contributed by atoms with Crippen LogP contribution in [-0.2, 0) is 0 Å². The Labute approximate surface area is 122 Å². The average molecular weight is 323 g/mol. The molecule has 19 heavy (non-hydrogen) atoms. The van der Waals surface area contributed by atoms with E-state index in [1.165, 1.54) is 0 Å². The van der Waals surface area contributed by atoms with E-state index in [9.17, 15) is 5.11 Å². The number of hydrogen-bond donors (Lipinski definition) is 2. The van der Waals surface area contributed by atoms with Gasteiger partial charge in [-0.3, -0.25) is 4.98 Å². The Morgan fingerprint density at radius 1 is 1.32 bits per heavy atom. The van der Waals surface area contributed by atoms with Crippen molar-refractivity contribution in [2.45, 2.75) is 19.9 Å². The monoisotopic (exact) mass is 322 g/mol. The number of aliphatic hydroxyl groups is 1. The molecular formula is C15H19BrN2O. The minimum atomic E-state index is -0.0760. The fourth-order valence-corrected chi connectivity index (χ4v) is 2.54. The lowest BCUT2D eigenvalue weighted by atomic mass is 10.0. The van der Waals surface area contributed by atoms with Gasteiger partial charge in [-0.15, -0.1) is 0 Å². The van der Waals surface area contributed by atoms with Crippen LogP contribution in [0.1, 0.15) is 25.5 Å². The van der Waals surface area contributed by atoms with Crippen LogP contribution in [0, 0.1) is 5.92 Å². The highest BCUT2D eigenvalue weighted by atomic mass is 79.9. The molecule has 4 heteroatoms. The van der Waals surface area contributed by atoms with Crippen LogP contribution in [0.25, 0.3) is 10.9 Å². The maximum Gasteiger partial charge on any atom is 0.0761 e. The molecule has 2 aromatic rings. The van der Waals surface area contributed by atoms with E-state index in [2.05, 4.69) is 40.1 Å². The maximum atomic E-state index is 9.62. The molecule has 2 N–H and O–H groups in total. The normalized spacial score (nSPS) is 13.1. The molecule has 3 nitrogen and oxygen atoms in total. The minimum Gasteiger partial charge on any atom is -0.394 e. The summed E-state index contributed by atoms with van der Waals surface area (Å²) in [6, 6.07) is 7.92. The van der Waals surface area contributed by atoms with Crippen LogP contribution in [0.3, 0.4) is 0 Å². The molecule has 0 fully saturated rings. The molecule has 102 valence electrons. The van der Waals surface area contributed by atoms with Gasteiger partial charge in [0.15, 0.2) is 0 Å². The summed E-state index contributed by atoms with van der Waals surface area (Å²) in [6.07, 6.45) is 1.79. The predicted octanol–water partition coefficient (Wildman–Crippen LogP) is 3.28. The van der Waals surface area contributed by atoms with Crippen LogP contribution in [0.5, 0.6) is 0 Å². The summed E-state index contributed by atoms with van der Waals surface area (Å²) < 4.78 is 1.03. The molecule has 0 radical (unpaired) electrons. The third-order valence-electron chi connectivity index (χ3n) is 3.08. The number of aromatic nitrogens is 1. The first-order chi connectivity index (χ1) is 9.13. The molecule has 1 aromatic carbocycles. The highest BCUT2D eigenvalue weighted by Crippen LogP contribution is 2.28. The van der Waals surface area contributed by atoms with Crippen LogP contribution in [0.2, 0.25) is 0 Å². The van der Waals surface area contributed by atoms with Gasteiger partial charge in [-0.1, -0.05) is 41.9 Å². The van der Waals surface area contributed by atoms with Crippen molar-refractivity contribution in [3.8, 4) is 0 Å². The number of nitrogens with zero attached hydrogens (tertiary/aromatic N) is 1. The van der Waals surface area contributed by atoms with Gasteiger partial charge in [0.1, 0.15) is 0 Å². The number of benzene rings is 1. The fourth-order valence-electron chi connectivity index (χ4n) is 2.09. The fraction of sp³-hybridized carbons (Fsp3) is 0.400. The van der Waals surface area contributed by atoms with Crippen molar-refractivity contribution in [1.82, 2.24) is 10.3 Å². The van der Waals surface area contributed by atoms with Crippen molar-refractivity contribution in [3.05, 3.63) is 40.5 Å². The van der Waals surface area contributed by atoms with E-state index in [1.54, 1.807) is 6.20 Å². The van der Waals surface area contributed by atoms with Gasteiger partial charge in [0, 0.05) is 16.1 Å². The smallest absolute Gasteiger partial charge is 0.0761 e. The summed E-state index contributed by atoms with van der Waals surface area (Å²) in [4.78, 5) is 4.46. The van der Waals surface area contributed by atoms with Gasteiger partial charge in [-0.25, -0.2) is 0 Å². The van der Waals surface area contributed by atoms with E-state index < -0.39 is 0 Å². The molecule has 1 atom stereocenters. The van der Waals surface area contributed by atoms with Crippen molar-refractivity contribution in [2.24, 2.45) is 5.92 Å². The van der Waals surface area contributed by atoms with Gasteiger partial charge >= 0.3 is 0 Å². The molecule has 0 saturated carbocycles. The van der Waals surface area contributed by atoms with Crippen LogP contribution >= 0.6 is 15.9 Å². The van der Waals surface area contributed by atoms with E-state index in [-0.39, 0.29) is 12.6 Å². The first-order valence-electron chi connectivity index (χ1n) is 6.51. The van der Waals surface area contributed by atoms with E-state index in [0.29, 0.717) is 5.92 Å². The molecule has 0 aliphatic rings. The van der Waals surface area contributed by atoms with Gasteiger partial charge in [-0.05, 0) is 30.2 Å². The number of hydrogen-bond acceptors (Lipinski definition) is 3. The molecule has 1 heterocycles. The predicted molar refractivity (Wildman–Crippen MR) is 82.1 cm³/mol. The Morgan fingerprint density at radius 3 is 2.79 bits per heavy atom. The zero-order valence-electron chi connectivity index (χ0n) is 11.2. The summed E-state index contributed by atoms with van der Waals surface area (Å²) >= 11 is 3.54. The number of halogens is 1. The van der Waals surface area contributed by atoms with E-state index in [0.717, 1.165) is 27.5 Å². The molecule has 0 aliphatic carbocycles. The molecule has 0 bridgehead atoms. The van der Waals surface area contributed by atoms with Crippen molar-refractivity contribution < 1.29 is 5.11 Å². The second-order valence-corrected chi connectivity index (χ2v) is 5.93. The molecule has 0 aliphatic heterocycles. The standard InChI is InChI=1S/C15H19BrN2O/c1-10(2)8-18-14(9-19)12-5-6-13(16)11-4-3-7-17-15(11)12/h3-7,10,14,18-19H,8-9H2,1-2H3. The third kappa shape index (κ3) is 3.32. The van der Waals surface area contributed by atoms with Crippen molar-refractivity contribution in [2.75, 3.05) is 13.2 Å². The summed E-state index contributed by atoms with van der Waals surface area (Å²) in [5.41, 5.74) is 1.98. The lowest BCUT2D eigenvalue weighted by Gasteiger charge is -2.19. The van der Waals surface area contributed by atoms with Crippen LogP contribution in [0.4, 0.5) is 0 Å². The Morgan fingerprint density at radius 2 is 2.11 bits per heavy atom. The number of fused-ring (bicyclic) bond motifs is 1. The van der Waals surface area contributed by atoms with Crippen LogP contribution < -0.4 is 5.32 Å². The second kappa shape index (κ2) is 6.46. The van der Waals surface area contributed by atoms with E-state index in [1.807, 2.05) is 24.3 Å². The highest BCUT2D eigenvalue weighted by Gasteiger charge is 2.15. The Kier molecular flexibility index (Phi) is 4.91. The number of aliphatic hydroxyl groups excluding tert-OH is 1. The summed E-state index contributed by atoms with van der Waals surface area (Å²) in [6.45, 7) is 5.24. The van der Waals surface area contributed by atoms with Crippen molar-refractivity contribution in [3.63, 3.8) is 0 Å². The Balaban J connectivity index is 2.40. The summed E-state index contributed by atoms with van der Waals surface area (Å²) in [7, 11) is 0. The quantitative estimate of drug-likeness (QED) is 0.888. The van der Waals surface area contributed by atoms with Crippen LogP contribution in [-0.4, -0.2) is 23.2 Å². The Bertz CT molecular complexity index is 557. The summed E-state index contributed by atoms with van der Waals surface area (Å²) in [5, 5.41) is 14.1.